The van der Waals surface area contributed by atoms with Crippen molar-refractivity contribution in [1.82, 2.24) is 10.4 Å². The Hall–Kier alpha value is -1.65. The van der Waals surface area contributed by atoms with E-state index in [0.29, 0.717) is 0 Å². The van der Waals surface area contributed by atoms with Gasteiger partial charge in [-0.3, -0.25) is 10.8 Å². The van der Waals surface area contributed by atoms with E-state index in [1.165, 1.54) is 5.56 Å². The molecule has 0 aromatic carbocycles. The second-order valence-corrected chi connectivity index (χ2v) is 3.58. The molecule has 3 N–H and O–H groups in total. The van der Waals surface area contributed by atoms with Gasteiger partial charge in [0.05, 0.1) is 18.6 Å². The molecule has 4 nitrogen and oxygen atoms in total. The maximum Gasteiger partial charge on any atom is 0.0954 e. The summed E-state index contributed by atoms with van der Waals surface area (Å²) in [6.45, 7) is 2.10. The van der Waals surface area contributed by atoms with Gasteiger partial charge in [0, 0.05) is 18.0 Å². The molecule has 0 amide bonds. The highest BCUT2D eigenvalue weighted by atomic mass is 16.3. The van der Waals surface area contributed by atoms with Crippen LogP contribution in [0.25, 0.3) is 0 Å². The third kappa shape index (κ3) is 1.98. The SMILES string of the molecule is CCc1cnccc1C(NN)c1ccoc1. The van der Waals surface area contributed by atoms with Crippen LogP contribution in [0.1, 0.15) is 29.7 Å². The van der Waals surface area contributed by atoms with Gasteiger partial charge < -0.3 is 4.42 Å². The van der Waals surface area contributed by atoms with Gasteiger partial charge in [-0.2, -0.15) is 0 Å². The second-order valence-electron chi connectivity index (χ2n) is 3.58. The van der Waals surface area contributed by atoms with E-state index in [9.17, 15) is 0 Å². The zero-order valence-corrected chi connectivity index (χ0v) is 9.18. The van der Waals surface area contributed by atoms with Gasteiger partial charge in [0.2, 0.25) is 0 Å². The van der Waals surface area contributed by atoms with Crippen molar-refractivity contribution in [2.24, 2.45) is 5.84 Å². The molecule has 2 aromatic rings. The first-order chi connectivity index (χ1) is 7.86. The number of aryl methyl sites for hydroxylation is 1. The zero-order valence-electron chi connectivity index (χ0n) is 9.18. The van der Waals surface area contributed by atoms with Gasteiger partial charge in [-0.15, -0.1) is 0 Å². The van der Waals surface area contributed by atoms with Gasteiger partial charge in [0.1, 0.15) is 0 Å². The fourth-order valence-electron chi connectivity index (χ4n) is 1.82. The van der Waals surface area contributed by atoms with Gasteiger partial charge >= 0.3 is 0 Å². The number of rotatable bonds is 4. The number of pyridine rings is 1. The molecule has 4 heteroatoms. The molecule has 1 atom stereocenters. The Morgan fingerprint density at radius 2 is 2.38 bits per heavy atom. The highest BCUT2D eigenvalue weighted by Gasteiger charge is 2.16. The lowest BCUT2D eigenvalue weighted by atomic mass is 9.97. The van der Waals surface area contributed by atoms with E-state index >= 15 is 0 Å². The summed E-state index contributed by atoms with van der Waals surface area (Å²) in [5.41, 5.74) is 6.15. The van der Waals surface area contributed by atoms with E-state index in [0.717, 1.165) is 17.5 Å². The molecule has 2 rings (SSSR count). The summed E-state index contributed by atoms with van der Waals surface area (Å²) >= 11 is 0. The number of furan rings is 1. The predicted molar refractivity (Wildman–Crippen MR) is 61.5 cm³/mol. The van der Waals surface area contributed by atoms with Crippen LogP contribution in [-0.2, 0) is 6.42 Å². The molecule has 0 saturated heterocycles. The Balaban J connectivity index is 2.41. The number of hydrogen-bond donors (Lipinski definition) is 2. The average Bonchev–Trinajstić information content (AvgIpc) is 2.84. The smallest absolute Gasteiger partial charge is 0.0954 e. The average molecular weight is 217 g/mol. The normalized spacial score (nSPS) is 12.6. The first kappa shape index (κ1) is 10.9. The zero-order chi connectivity index (χ0) is 11.4. The van der Waals surface area contributed by atoms with Crippen molar-refractivity contribution >= 4 is 0 Å². The van der Waals surface area contributed by atoms with Crippen LogP contribution >= 0.6 is 0 Å². The fourth-order valence-corrected chi connectivity index (χ4v) is 1.82. The molecule has 84 valence electrons. The molecule has 2 heterocycles. The summed E-state index contributed by atoms with van der Waals surface area (Å²) in [5, 5.41) is 0. The van der Waals surface area contributed by atoms with Crippen LogP contribution < -0.4 is 11.3 Å². The largest absolute Gasteiger partial charge is 0.472 e. The monoisotopic (exact) mass is 217 g/mol. The molecule has 0 aliphatic carbocycles. The lowest BCUT2D eigenvalue weighted by Gasteiger charge is -2.17. The van der Waals surface area contributed by atoms with Crippen LogP contribution in [0.4, 0.5) is 0 Å². The highest BCUT2D eigenvalue weighted by Crippen LogP contribution is 2.24. The molecule has 0 spiro atoms. The summed E-state index contributed by atoms with van der Waals surface area (Å²) in [4.78, 5) is 4.12. The van der Waals surface area contributed by atoms with Gasteiger partial charge in [-0.25, -0.2) is 5.43 Å². The van der Waals surface area contributed by atoms with E-state index in [1.807, 2.05) is 18.3 Å². The van der Waals surface area contributed by atoms with Crippen molar-refractivity contribution in [3.05, 3.63) is 53.7 Å². The van der Waals surface area contributed by atoms with Crippen molar-refractivity contribution in [2.45, 2.75) is 19.4 Å². The van der Waals surface area contributed by atoms with Crippen molar-refractivity contribution in [3.8, 4) is 0 Å². The van der Waals surface area contributed by atoms with Gasteiger partial charge in [-0.05, 0) is 29.7 Å². The van der Waals surface area contributed by atoms with Gasteiger partial charge in [-0.1, -0.05) is 6.92 Å². The van der Waals surface area contributed by atoms with Crippen LogP contribution in [-0.4, -0.2) is 4.98 Å². The molecule has 0 saturated carbocycles. The quantitative estimate of drug-likeness (QED) is 0.605. The number of nitrogens with one attached hydrogen (secondary N) is 1. The molecule has 0 bridgehead atoms. The number of nitrogens with two attached hydrogens (primary N) is 1. The molecule has 1 unspecified atom stereocenters. The maximum atomic E-state index is 5.61. The maximum absolute atomic E-state index is 5.61. The molecule has 0 fully saturated rings. The molecule has 0 aliphatic heterocycles. The van der Waals surface area contributed by atoms with E-state index in [4.69, 9.17) is 10.3 Å². The Morgan fingerprint density at radius 3 is 3.00 bits per heavy atom. The van der Waals surface area contributed by atoms with Gasteiger partial charge in [0.25, 0.3) is 0 Å². The first-order valence-electron chi connectivity index (χ1n) is 5.27. The summed E-state index contributed by atoms with van der Waals surface area (Å²) in [5.74, 6) is 5.61. The van der Waals surface area contributed by atoms with Crippen molar-refractivity contribution in [2.75, 3.05) is 0 Å². The number of aromatic nitrogens is 1. The van der Waals surface area contributed by atoms with E-state index < -0.39 is 0 Å². The standard InChI is InChI=1S/C12H15N3O/c1-2-9-7-14-5-3-11(9)12(15-13)10-4-6-16-8-10/h3-8,12,15H,2,13H2,1H3. The first-order valence-corrected chi connectivity index (χ1v) is 5.27. The highest BCUT2D eigenvalue weighted by molar-refractivity contribution is 5.34. The Labute approximate surface area is 94.5 Å². The molecule has 0 aliphatic rings. The second kappa shape index (κ2) is 4.92. The number of hydrogen-bond acceptors (Lipinski definition) is 4. The minimum atomic E-state index is -0.0447. The molecule has 16 heavy (non-hydrogen) atoms. The minimum Gasteiger partial charge on any atom is -0.472 e. The Bertz CT molecular complexity index is 439. The third-order valence-corrected chi connectivity index (χ3v) is 2.68. The summed E-state index contributed by atoms with van der Waals surface area (Å²) < 4.78 is 5.08. The van der Waals surface area contributed by atoms with Gasteiger partial charge in [0.15, 0.2) is 0 Å². The van der Waals surface area contributed by atoms with Crippen LogP contribution in [0.15, 0.2) is 41.5 Å². The predicted octanol–water partition coefficient (Wildman–Crippen LogP) is 1.79. The van der Waals surface area contributed by atoms with E-state index in [-0.39, 0.29) is 6.04 Å². The van der Waals surface area contributed by atoms with E-state index in [1.54, 1.807) is 18.7 Å². The lowest BCUT2D eigenvalue weighted by Crippen LogP contribution is -2.29. The summed E-state index contributed by atoms with van der Waals surface area (Å²) in [6, 6.07) is 3.84. The molecule has 2 aromatic heterocycles. The summed E-state index contributed by atoms with van der Waals surface area (Å²) in [6.07, 6.45) is 7.93. The van der Waals surface area contributed by atoms with Crippen molar-refractivity contribution < 1.29 is 4.42 Å². The van der Waals surface area contributed by atoms with Crippen LogP contribution in [0.2, 0.25) is 0 Å². The third-order valence-electron chi connectivity index (χ3n) is 2.68. The minimum absolute atomic E-state index is 0.0447. The van der Waals surface area contributed by atoms with Crippen LogP contribution in [0.3, 0.4) is 0 Å². The molecular weight excluding hydrogens is 202 g/mol. The Morgan fingerprint density at radius 1 is 1.50 bits per heavy atom. The number of nitrogens with zero attached hydrogens (tertiary/aromatic N) is 1. The molecular formula is C12H15N3O. The van der Waals surface area contributed by atoms with Crippen molar-refractivity contribution in [1.29, 1.82) is 0 Å². The number of hydrazine groups is 1. The Kier molecular flexibility index (Phi) is 3.34. The summed E-state index contributed by atoms with van der Waals surface area (Å²) in [7, 11) is 0. The molecule has 0 radical (unpaired) electrons. The topological polar surface area (TPSA) is 64.1 Å². The lowest BCUT2D eigenvalue weighted by molar-refractivity contribution is 0.552. The van der Waals surface area contributed by atoms with E-state index in [2.05, 4.69) is 17.3 Å². The van der Waals surface area contributed by atoms with Crippen molar-refractivity contribution in [3.63, 3.8) is 0 Å². The van der Waals surface area contributed by atoms with Crippen LogP contribution in [0.5, 0.6) is 0 Å². The fraction of sp³-hybridized carbons (Fsp3) is 0.250. The van der Waals surface area contributed by atoms with Crippen LogP contribution in [0, 0.1) is 0 Å².